The van der Waals surface area contributed by atoms with E-state index in [4.69, 9.17) is 20.8 Å². The third kappa shape index (κ3) is 4.94. The van der Waals surface area contributed by atoms with Crippen molar-refractivity contribution in [3.63, 3.8) is 0 Å². The summed E-state index contributed by atoms with van der Waals surface area (Å²) in [7, 11) is 0. The predicted molar refractivity (Wildman–Crippen MR) is 128 cm³/mol. The number of hydrogen-bond acceptors (Lipinski definition) is 4. The summed E-state index contributed by atoms with van der Waals surface area (Å²) in [5.41, 5.74) is 4.98. The van der Waals surface area contributed by atoms with Gasteiger partial charge in [0.1, 0.15) is 11.3 Å². The molecular formula is C26H25ClN2O3. The average molecular weight is 449 g/mol. The van der Waals surface area contributed by atoms with Crippen LogP contribution in [-0.4, -0.2) is 17.5 Å². The van der Waals surface area contributed by atoms with Crippen LogP contribution in [0.25, 0.3) is 22.6 Å². The van der Waals surface area contributed by atoms with E-state index in [1.54, 1.807) is 18.2 Å². The Hall–Kier alpha value is -3.31. The topological polar surface area (TPSA) is 64.4 Å². The van der Waals surface area contributed by atoms with Crippen molar-refractivity contribution in [2.45, 2.75) is 33.1 Å². The van der Waals surface area contributed by atoms with Gasteiger partial charge >= 0.3 is 0 Å². The molecule has 164 valence electrons. The normalized spacial score (nSPS) is 12.0. The fourth-order valence-electron chi connectivity index (χ4n) is 3.38. The number of aromatic nitrogens is 1. The summed E-state index contributed by atoms with van der Waals surface area (Å²) in [5, 5.41) is 3.52. The first kappa shape index (κ1) is 21.9. The van der Waals surface area contributed by atoms with Crippen LogP contribution in [0.3, 0.4) is 0 Å². The lowest BCUT2D eigenvalue weighted by molar-refractivity contribution is -0.118. The molecule has 0 bridgehead atoms. The summed E-state index contributed by atoms with van der Waals surface area (Å²) >= 11 is 6.04. The number of benzene rings is 3. The van der Waals surface area contributed by atoms with Crippen LogP contribution in [-0.2, 0) is 4.79 Å². The molecule has 1 heterocycles. The largest absolute Gasteiger partial charge is 0.484 e. The number of carbonyl (C=O) groups is 1. The van der Waals surface area contributed by atoms with E-state index >= 15 is 0 Å². The third-order valence-electron chi connectivity index (χ3n) is 5.54. The molecule has 1 aromatic heterocycles. The first-order valence-electron chi connectivity index (χ1n) is 10.6. The molecule has 0 unspecified atom stereocenters. The van der Waals surface area contributed by atoms with Gasteiger partial charge in [-0.3, -0.25) is 4.79 Å². The van der Waals surface area contributed by atoms with Crippen molar-refractivity contribution in [2.75, 3.05) is 11.9 Å². The van der Waals surface area contributed by atoms with Crippen LogP contribution < -0.4 is 10.1 Å². The predicted octanol–water partition coefficient (Wildman–Crippen LogP) is 6.99. The van der Waals surface area contributed by atoms with Crippen molar-refractivity contribution >= 4 is 34.3 Å². The van der Waals surface area contributed by atoms with E-state index in [-0.39, 0.29) is 12.5 Å². The molecule has 0 aliphatic heterocycles. The van der Waals surface area contributed by atoms with Gasteiger partial charge in [0.05, 0.1) is 0 Å². The maximum Gasteiger partial charge on any atom is 0.262 e. The zero-order valence-electron chi connectivity index (χ0n) is 18.3. The van der Waals surface area contributed by atoms with Crippen molar-refractivity contribution < 1.29 is 13.9 Å². The number of nitrogens with one attached hydrogen (secondary N) is 1. The first-order valence-corrected chi connectivity index (χ1v) is 11.0. The quantitative estimate of drug-likeness (QED) is 0.331. The number of oxazole rings is 1. The van der Waals surface area contributed by atoms with Gasteiger partial charge in [0.15, 0.2) is 12.2 Å². The Kier molecular flexibility index (Phi) is 6.47. The van der Waals surface area contributed by atoms with Crippen LogP contribution in [0, 0.1) is 6.92 Å². The Balaban J connectivity index is 1.43. The van der Waals surface area contributed by atoms with Gasteiger partial charge in [-0.2, -0.15) is 0 Å². The minimum Gasteiger partial charge on any atom is -0.484 e. The Labute approximate surface area is 192 Å². The van der Waals surface area contributed by atoms with E-state index in [0.717, 1.165) is 17.5 Å². The van der Waals surface area contributed by atoms with Gasteiger partial charge in [-0.05, 0) is 72.9 Å². The molecule has 0 saturated carbocycles. The smallest absolute Gasteiger partial charge is 0.262 e. The number of fused-ring (bicyclic) bond motifs is 1. The Bertz CT molecular complexity index is 1250. The van der Waals surface area contributed by atoms with Crippen LogP contribution in [0.1, 0.15) is 37.3 Å². The molecule has 5 nitrogen and oxygen atoms in total. The number of amides is 1. The van der Waals surface area contributed by atoms with Crippen molar-refractivity contribution in [3.8, 4) is 17.2 Å². The molecule has 6 heteroatoms. The molecule has 1 atom stereocenters. The Morgan fingerprint density at radius 3 is 2.66 bits per heavy atom. The fourth-order valence-corrected chi connectivity index (χ4v) is 3.54. The second-order valence-electron chi connectivity index (χ2n) is 7.88. The van der Waals surface area contributed by atoms with E-state index in [9.17, 15) is 4.79 Å². The summed E-state index contributed by atoms with van der Waals surface area (Å²) < 4.78 is 11.5. The fraction of sp³-hybridized carbons (Fsp3) is 0.231. The highest BCUT2D eigenvalue weighted by Gasteiger charge is 2.12. The van der Waals surface area contributed by atoms with Crippen LogP contribution in [0.2, 0.25) is 5.02 Å². The standard InChI is InChI=1S/C26H25ClN2O3/c1-4-16(2)18-7-10-21(11-8-18)31-15-25(30)28-22-13-19(6-5-17(22)3)26-29-23-14-20(27)9-12-24(23)32-26/h5-14,16H,4,15H2,1-3H3,(H,28,30)/t16-/m0/s1. The lowest BCUT2D eigenvalue weighted by Gasteiger charge is -2.12. The second kappa shape index (κ2) is 9.45. The van der Waals surface area contributed by atoms with Gasteiger partial charge in [0.25, 0.3) is 5.91 Å². The lowest BCUT2D eigenvalue weighted by atomic mass is 9.99. The van der Waals surface area contributed by atoms with Gasteiger partial charge in [-0.1, -0.05) is 43.6 Å². The average Bonchev–Trinajstić information content (AvgIpc) is 3.22. The van der Waals surface area contributed by atoms with E-state index < -0.39 is 0 Å². The van der Waals surface area contributed by atoms with Crippen molar-refractivity contribution in [3.05, 3.63) is 76.8 Å². The molecule has 4 aromatic rings. The highest BCUT2D eigenvalue weighted by atomic mass is 35.5. The van der Waals surface area contributed by atoms with Gasteiger partial charge in [-0.25, -0.2) is 4.98 Å². The molecule has 0 aliphatic rings. The SMILES string of the molecule is CC[C@H](C)c1ccc(OCC(=O)Nc2cc(-c3nc4cc(Cl)ccc4o3)ccc2C)cc1. The zero-order valence-corrected chi connectivity index (χ0v) is 19.1. The molecule has 1 amide bonds. The highest BCUT2D eigenvalue weighted by molar-refractivity contribution is 6.31. The Morgan fingerprint density at radius 1 is 1.12 bits per heavy atom. The molecule has 32 heavy (non-hydrogen) atoms. The van der Waals surface area contributed by atoms with Crippen molar-refractivity contribution in [1.82, 2.24) is 4.98 Å². The van der Waals surface area contributed by atoms with Crippen molar-refractivity contribution in [1.29, 1.82) is 0 Å². The number of rotatable bonds is 7. The molecule has 0 radical (unpaired) electrons. The molecule has 0 saturated heterocycles. The number of aryl methyl sites for hydroxylation is 1. The molecule has 0 spiro atoms. The summed E-state index contributed by atoms with van der Waals surface area (Å²) in [6, 6.07) is 18.9. The molecule has 4 rings (SSSR count). The van der Waals surface area contributed by atoms with Crippen LogP contribution in [0.5, 0.6) is 5.75 Å². The summed E-state index contributed by atoms with van der Waals surface area (Å²) in [4.78, 5) is 17.0. The highest BCUT2D eigenvalue weighted by Crippen LogP contribution is 2.29. The lowest BCUT2D eigenvalue weighted by Crippen LogP contribution is -2.20. The minimum absolute atomic E-state index is 0.0757. The van der Waals surface area contributed by atoms with Gasteiger partial charge in [-0.15, -0.1) is 0 Å². The van der Waals surface area contributed by atoms with E-state index in [1.807, 2.05) is 49.4 Å². The van der Waals surface area contributed by atoms with E-state index in [0.29, 0.717) is 39.4 Å². The number of hydrogen-bond donors (Lipinski definition) is 1. The zero-order chi connectivity index (χ0) is 22.7. The van der Waals surface area contributed by atoms with Crippen LogP contribution in [0.4, 0.5) is 5.69 Å². The van der Waals surface area contributed by atoms with Gasteiger partial charge in [0.2, 0.25) is 5.89 Å². The van der Waals surface area contributed by atoms with Crippen LogP contribution in [0.15, 0.2) is 65.1 Å². The summed E-state index contributed by atoms with van der Waals surface area (Å²) in [6.45, 7) is 6.21. The van der Waals surface area contributed by atoms with Gasteiger partial charge in [0, 0.05) is 16.3 Å². The monoisotopic (exact) mass is 448 g/mol. The number of ether oxygens (including phenoxy) is 1. The molecular weight excluding hydrogens is 424 g/mol. The second-order valence-corrected chi connectivity index (χ2v) is 8.31. The molecule has 3 aromatic carbocycles. The summed E-state index contributed by atoms with van der Waals surface area (Å²) in [6.07, 6.45) is 1.08. The number of carbonyl (C=O) groups excluding carboxylic acids is 1. The number of anilines is 1. The van der Waals surface area contributed by atoms with E-state index in [1.165, 1.54) is 5.56 Å². The molecule has 1 N–H and O–H groups in total. The van der Waals surface area contributed by atoms with Gasteiger partial charge < -0.3 is 14.5 Å². The van der Waals surface area contributed by atoms with Crippen LogP contribution >= 0.6 is 11.6 Å². The van der Waals surface area contributed by atoms with E-state index in [2.05, 4.69) is 24.1 Å². The molecule has 0 fully saturated rings. The maximum absolute atomic E-state index is 12.5. The summed E-state index contributed by atoms with van der Waals surface area (Å²) in [5.74, 6) is 1.40. The van der Waals surface area contributed by atoms with Crippen molar-refractivity contribution in [2.24, 2.45) is 0 Å². The molecule has 0 aliphatic carbocycles. The maximum atomic E-state index is 12.5. The first-order chi connectivity index (χ1) is 15.4. The Morgan fingerprint density at radius 2 is 1.91 bits per heavy atom. The minimum atomic E-state index is -0.236. The number of halogens is 1. The number of nitrogens with zero attached hydrogens (tertiary/aromatic N) is 1. The third-order valence-corrected chi connectivity index (χ3v) is 5.77.